The average molecular weight is 713 g/mol. The summed E-state index contributed by atoms with van der Waals surface area (Å²) in [5, 5.41) is 10.1. The highest BCUT2D eigenvalue weighted by atomic mass is 15.1. The van der Waals surface area contributed by atoms with Gasteiger partial charge in [-0.25, -0.2) is 0 Å². The van der Waals surface area contributed by atoms with E-state index in [0.717, 1.165) is 22.7 Å². The molecular formula is C54H36N2. The molecule has 2 heteroatoms. The summed E-state index contributed by atoms with van der Waals surface area (Å²) in [6, 6.07) is 79.5. The molecule has 1 aromatic heterocycles. The fourth-order valence-corrected chi connectivity index (χ4v) is 8.65. The minimum Gasteiger partial charge on any atom is -0.311 e. The molecule has 11 aromatic rings. The Morgan fingerprint density at radius 3 is 1.39 bits per heavy atom. The zero-order valence-corrected chi connectivity index (χ0v) is 30.7. The van der Waals surface area contributed by atoms with E-state index in [-0.39, 0.29) is 0 Å². The van der Waals surface area contributed by atoms with Crippen molar-refractivity contribution in [3.05, 3.63) is 218 Å². The number of fused-ring (bicyclic) bond motifs is 7. The Morgan fingerprint density at radius 2 is 0.750 bits per heavy atom. The minimum atomic E-state index is 1.09. The van der Waals surface area contributed by atoms with Crippen LogP contribution in [0.3, 0.4) is 0 Å². The molecule has 0 N–H and O–H groups in total. The molecule has 56 heavy (non-hydrogen) atoms. The predicted octanol–water partition coefficient (Wildman–Crippen LogP) is 15.0. The van der Waals surface area contributed by atoms with Gasteiger partial charge in [-0.3, -0.25) is 0 Å². The Hall–Kier alpha value is -7.42. The van der Waals surface area contributed by atoms with Gasteiger partial charge in [-0.05, 0) is 127 Å². The van der Waals surface area contributed by atoms with Crippen LogP contribution in [0.2, 0.25) is 0 Å². The van der Waals surface area contributed by atoms with Crippen molar-refractivity contribution in [2.45, 2.75) is 0 Å². The van der Waals surface area contributed by atoms with E-state index in [1.807, 2.05) is 0 Å². The van der Waals surface area contributed by atoms with Gasteiger partial charge in [0.25, 0.3) is 0 Å². The standard InChI is InChI=1S/C54H36N2/c1-2-12-40-35-41(22-21-37(40)11-1)38-23-27-43(28-24-38)55(45-31-33-46(34-32-45)56-53-19-9-7-17-50(53)51-18-8-10-20-54(51)56)44-29-25-39(26-30-44)52-36-42-13-3-4-14-47(42)48-15-5-6-16-49(48)52/h1-36H. The predicted molar refractivity (Wildman–Crippen MR) is 239 cm³/mol. The van der Waals surface area contributed by atoms with Gasteiger partial charge in [0.2, 0.25) is 0 Å². The number of anilines is 3. The lowest BCUT2D eigenvalue weighted by Crippen LogP contribution is -2.10. The molecule has 0 saturated carbocycles. The number of nitrogens with zero attached hydrogens (tertiary/aromatic N) is 2. The number of rotatable bonds is 6. The number of hydrogen-bond acceptors (Lipinski definition) is 1. The zero-order chi connectivity index (χ0) is 37.0. The second-order valence-corrected chi connectivity index (χ2v) is 14.6. The van der Waals surface area contributed by atoms with Crippen LogP contribution in [0.5, 0.6) is 0 Å². The van der Waals surface area contributed by atoms with Crippen molar-refractivity contribution >= 4 is 71.2 Å². The Labute approximate surface area is 325 Å². The largest absolute Gasteiger partial charge is 0.311 e. The molecule has 10 aromatic carbocycles. The van der Waals surface area contributed by atoms with Crippen LogP contribution in [0.25, 0.3) is 82.1 Å². The monoisotopic (exact) mass is 712 g/mol. The molecule has 0 aliphatic rings. The molecule has 0 saturated heterocycles. The molecule has 0 spiro atoms. The van der Waals surface area contributed by atoms with Crippen molar-refractivity contribution in [2.24, 2.45) is 0 Å². The summed E-state index contributed by atoms with van der Waals surface area (Å²) in [5.74, 6) is 0. The van der Waals surface area contributed by atoms with Gasteiger partial charge >= 0.3 is 0 Å². The third kappa shape index (κ3) is 5.34. The van der Waals surface area contributed by atoms with E-state index in [0.29, 0.717) is 0 Å². The normalized spacial score (nSPS) is 11.6. The van der Waals surface area contributed by atoms with E-state index >= 15 is 0 Å². The van der Waals surface area contributed by atoms with E-state index in [1.165, 1.54) is 76.4 Å². The van der Waals surface area contributed by atoms with E-state index < -0.39 is 0 Å². The summed E-state index contributed by atoms with van der Waals surface area (Å²) in [7, 11) is 0. The lowest BCUT2D eigenvalue weighted by atomic mass is 9.93. The first kappa shape index (κ1) is 32.0. The Bertz CT molecular complexity index is 3170. The Morgan fingerprint density at radius 1 is 0.286 bits per heavy atom. The number of benzene rings is 10. The fourth-order valence-electron chi connectivity index (χ4n) is 8.65. The van der Waals surface area contributed by atoms with Crippen LogP contribution in [0.1, 0.15) is 0 Å². The molecule has 0 bridgehead atoms. The third-order valence-electron chi connectivity index (χ3n) is 11.4. The van der Waals surface area contributed by atoms with Crippen LogP contribution in [0, 0.1) is 0 Å². The van der Waals surface area contributed by atoms with Gasteiger partial charge in [0.15, 0.2) is 0 Å². The van der Waals surface area contributed by atoms with Crippen molar-refractivity contribution in [3.63, 3.8) is 0 Å². The number of para-hydroxylation sites is 2. The van der Waals surface area contributed by atoms with Gasteiger partial charge in [0.1, 0.15) is 0 Å². The SMILES string of the molecule is c1ccc2cc(-c3ccc(N(c4ccc(-c5cc6ccccc6c6ccccc56)cc4)c4ccc(-n5c6ccccc6c6ccccc65)cc4)cc3)ccc2c1. The van der Waals surface area contributed by atoms with Crippen LogP contribution in [0.15, 0.2) is 218 Å². The maximum absolute atomic E-state index is 2.37. The van der Waals surface area contributed by atoms with E-state index in [2.05, 4.69) is 228 Å². The topological polar surface area (TPSA) is 8.17 Å². The van der Waals surface area contributed by atoms with Crippen molar-refractivity contribution in [2.75, 3.05) is 4.90 Å². The second-order valence-electron chi connectivity index (χ2n) is 14.6. The molecule has 2 nitrogen and oxygen atoms in total. The molecule has 0 aliphatic heterocycles. The summed E-state index contributed by atoms with van der Waals surface area (Å²) >= 11 is 0. The van der Waals surface area contributed by atoms with E-state index in [9.17, 15) is 0 Å². The van der Waals surface area contributed by atoms with Crippen LogP contribution >= 0.6 is 0 Å². The zero-order valence-electron chi connectivity index (χ0n) is 30.7. The lowest BCUT2D eigenvalue weighted by molar-refractivity contribution is 1.17. The van der Waals surface area contributed by atoms with E-state index in [1.54, 1.807) is 0 Å². The lowest BCUT2D eigenvalue weighted by Gasteiger charge is -2.26. The van der Waals surface area contributed by atoms with Gasteiger partial charge in [0.05, 0.1) is 11.0 Å². The molecule has 0 amide bonds. The van der Waals surface area contributed by atoms with Crippen LogP contribution in [-0.2, 0) is 0 Å². The van der Waals surface area contributed by atoms with Gasteiger partial charge in [-0.15, -0.1) is 0 Å². The van der Waals surface area contributed by atoms with Crippen molar-refractivity contribution < 1.29 is 0 Å². The highest BCUT2D eigenvalue weighted by Gasteiger charge is 2.17. The van der Waals surface area contributed by atoms with Crippen molar-refractivity contribution in [1.82, 2.24) is 4.57 Å². The maximum atomic E-state index is 2.37. The maximum Gasteiger partial charge on any atom is 0.0541 e. The van der Waals surface area contributed by atoms with E-state index in [4.69, 9.17) is 0 Å². The molecule has 11 rings (SSSR count). The van der Waals surface area contributed by atoms with Gasteiger partial charge in [-0.1, -0.05) is 146 Å². The number of aromatic nitrogens is 1. The molecule has 262 valence electrons. The van der Waals surface area contributed by atoms with Crippen LogP contribution in [0.4, 0.5) is 17.1 Å². The number of hydrogen-bond donors (Lipinski definition) is 0. The second kappa shape index (κ2) is 13.2. The molecule has 0 atom stereocenters. The van der Waals surface area contributed by atoms with Gasteiger partial charge in [-0.2, -0.15) is 0 Å². The summed E-state index contributed by atoms with van der Waals surface area (Å²) in [6.45, 7) is 0. The Balaban J connectivity index is 1.02. The summed E-state index contributed by atoms with van der Waals surface area (Å²) in [5.41, 5.74) is 11.7. The molecule has 0 fully saturated rings. The molecular weight excluding hydrogens is 677 g/mol. The van der Waals surface area contributed by atoms with Crippen molar-refractivity contribution in [1.29, 1.82) is 0 Å². The first-order valence-electron chi connectivity index (χ1n) is 19.3. The molecule has 0 radical (unpaired) electrons. The summed E-state index contributed by atoms with van der Waals surface area (Å²) in [6.07, 6.45) is 0. The fraction of sp³-hybridized carbons (Fsp3) is 0. The van der Waals surface area contributed by atoms with Crippen molar-refractivity contribution in [3.8, 4) is 27.9 Å². The van der Waals surface area contributed by atoms with Crippen LogP contribution < -0.4 is 4.90 Å². The highest BCUT2D eigenvalue weighted by Crippen LogP contribution is 2.40. The average Bonchev–Trinajstić information content (AvgIpc) is 3.61. The smallest absolute Gasteiger partial charge is 0.0541 e. The van der Waals surface area contributed by atoms with Gasteiger partial charge < -0.3 is 9.47 Å². The van der Waals surface area contributed by atoms with Crippen LogP contribution in [-0.4, -0.2) is 4.57 Å². The first-order valence-corrected chi connectivity index (χ1v) is 19.3. The highest BCUT2D eigenvalue weighted by molar-refractivity contribution is 6.14. The molecule has 0 unspecified atom stereocenters. The summed E-state index contributed by atoms with van der Waals surface area (Å²) in [4.78, 5) is 2.36. The molecule has 1 heterocycles. The minimum absolute atomic E-state index is 1.09. The Kier molecular flexibility index (Phi) is 7.53. The summed E-state index contributed by atoms with van der Waals surface area (Å²) < 4.78 is 2.37. The van der Waals surface area contributed by atoms with Gasteiger partial charge in [0, 0.05) is 33.5 Å². The first-order chi connectivity index (χ1) is 27.8. The third-order valence-corrected chi connectivity index (χ3v) is 11.4. The molecule has 0 aliphatic carbocycles. The quantitative estimate of drug-likeness (QED) is 0.156.